The summed E-state index contributed by atoms with van der Waals surface area (Å²) in [5.41, 5.74) is 8.35. The Balaban J connectivity index is 1.68. The predicted molar refractivity (Wildman–Crippen MR) is 151 cm³/mol. The molecule has 0 aliphatic rings. The summed E-state index contributed by atoms with van der Waals surface area (Å²) >= 11 is 0. The lowest BCUT2D eigenvalue weighted by atomic mass is 9.64. The quantitative estimate of drug-likeness (QED) is 0.227. The van der Waals surface area contributed by atoms with Crippen LogP contribution in [0, 0.1) is 0 Å². The molecule has 6 rings (SSSR count). The van der Waals surface area contributed by atoms with Crippen LogP contribution in [-0.2, 0) is 5.41 Å². The van der Waals surface area contributed by atoms with E-state index in [4.69, 9.17) is 0 Å². The Morgan fingerprint density at radius 3 is 1.16 bits per heavy atom. The monoisotopic (exact) mass is 474 g/mol. The average molecular weight is 475 g/mol. The highest BCUT2D eigenvalue weighted by atomic mass is 14.7. The van der Waals surface area contributed by atoms with Gasteiger partial charge in [0.15, 0.2) is 0 Å². The molecule has 2 aromatic heterocycles. The van der Waals surface area contributed by atoms with Gasteiger partial charge >= 0.3 is 0 Å². The van der Waals surface area contributed by atoms with E-state index in [1.807, 2.05) is 36.7 Å². The minimum atomic E-state index is -0.544. The Morgan fingerprint density at radius 1 is 0.351 bits per heavy atom. The largest absolute Gasteiger partial charge is 0.256 e. The van der Waals surface area contributed by atoms with Crippen LogP contribution >= 0.6 is 0 Å². The summed E-state index contributed by atoms with van der Waals surface area (Å²) in [5.74, 6) is 0. The van der Waals surface area contributed by atoms with Crippen molar-refractivity contribution in [3.63, 3.8) is 0 Å². The van der Waals surface area contributed by atoms with Gasteiger partial charge in [-0.2, -0.15) is 0 Å². The molecule has 176 valence electrons. The van der Waals surface area contributed by atoms with Crippen LogP contribution in [0.25, 0.3) is 22.5 Å². The van der Waals surface area contributed by atoms with Gasteiger partial charge in [0.05, 0.1) is 16.8 Å². The van der Waals surface area contributed by atoms with Gasteiger partial charge in [-0.3, -0.25) is 9.97 Å². The zero-order valence-electron chi connectivity index (χ0n) is 20.4. The second kappa shape index (κ2) is 10.0. The van der Waals surface area contributed by atoms with Crippen molar-refractivity contribution in [2.24, 2.45) is 0 Å². The number of pyridine rings is 2. The van der Waals surface area contributed by atoms with Gasteiger partial charge in [-0.05, 0) is 58.7 Å². The van der Waals surface area contributed by atoms with Crippen LogP contribution in [0.15, 0.2) is 158 Å². The van der Waals surface area contributed by atoms with E-state index in [2.05, 4.69) is 131 Å². The minimum Gasteiger partial charge on any atom is -0.256 e. The molecule has 0 fully saturated rings. The molecule has 37 heavy (non-hydrogen) atoms. The van der Waals surface area contributed by atoms with Crippen LogP contribution in [0.5, 0.6) is 0 Å². The van der Waals surface area contributed by atoms with Crippen molar-refractivity contribution in [3.05, 3.63) is 180 Å². The summed E-state index contributed by atoms with van der Waals surface area (Å²) in [6.07, 6.45) is 3.69. The van der Waals surface area contributed by atoms with E-state index in [-0.39, 0.29) is 0 Å². The third kappa shape index (κ3) is 4.23. The third-order valence-electron chi connectivity index (χ3n) is 6.93. The molecule has 0 spiro atoms. The lowest BCUT2D eigenvalue weighted by Crippen LogP contribution is -2.31. The Kier molecular flexibility index (Phi) is 6.14. The van der Waals surface area contributed by atoms with Crippen molar-refractivity contribution in [1.29, 1.82) is 0 Å². The molecule has 6 aromatic rings. The molecular formula is C35H26N2. The maximum absolute atomic E-state index is 4.64. The molecular weight excluding hydrogens is 448 g/mol. The first-order valence-electron chi connectivity index (χ1n) is 12.5. The number of rotatable bonds is 6. The van der Waals surface area contributed by atoms with Crippen LogP contribution in [-0.4, -0.2) is 9.97 Å². The molecule has 0 atom stereocenters. The fourth-order valence-corrected chi connectivity index (χ4v) is 5.27. The van der Waals surface area contributed by atoms with Crippen molar-refractivity contribution in [2.45, 2.75) is 5.41 Å². The van der Waals surface area contributed by atoms with Gasteiger partial charge in [0.25, 0.3) is 0 Å². The molecule has 0 radical (unpaired) electrons. The molecule has 0 saturated heterocycles. The maximum Gasteiger partial charge on any atom is 0.0702 e. The van der Waals surface area contributed by atoms with Crippen LogP contribution in [0.3, 0.4) is 0 Å². The van der Waals surface area contributed by atoms with Crippen LogP contribution in [0.4, 0.5) is 0 Å². The highest BCUT2D eigenvalue weighted by molar-refractivity contribution is 5.69. The Bertz CT molecular complexity index is 1470. The number of benzene rings is 4. The molecule has 0 N–H and O–H groups in total. The Labute approximate surface area is 218 Å². The fourth-order valence-electron chi connectivity index (χ4n) is 5.27. The number of nitrogens with zero attached hydrogens (tertiary/aromatic N) is 2. The van der Waals surface area contributed by atoms with Gasteiger partial charge in [-0.25, -0.2) is 0 Å². The minimum absolute atomic E-state index is 0.544. The molecule has 0 bridgehead atoms. The van der Waals surface area contributed by atoms with Crippen molar-refractivity contribution < 1.29 is 0 Å². The maximum atomic E-state index is 4.64. The third-order valence-corrected chi connectivity index (χ3v) is 6.93. The van der Waals surface area contributed by atoms with Crippen LogP contribution in [0.2, 0.25) is 0 Å². The van der Waals surface area contributed by atoms with Gasteiger partial charge in [0.1, 0.15) is 0 Å². The SMILES string of the molecule is c1ccc(C(c2ccccc2)(c2cccc(-c3ccccn3)c2)c2cccc(-c3ccccn3)c2)cc1. The van der Waals surface area contributed by atoms with Crippen LogP contribution in [0.1, 0.15) is 22.3 Å². The standard InChI is InChI=1S/C35H26N2/c1-3-15-29(16-4-1)35(30-17-5-2-6-18-30,31-19-11-13-27(25-31)33-21-7-9-23-36-33)32-20-12-14-28(26-32)34-22-8-10-24-37-34/h1-26H. The van der Waals surface area contributed by atoms with Gasteiger partial charge < -0.3 is 0 Å². The van der Waals surface area contributed by atoms with E-state index in [0.29, 0.717) is 0 Å². The molecule has 0 aliphatic heterocycles. The van der Waals surface area contributed by atoms with Gasteiger partial charge in [0.2, 0.25) is 0 Å². The predicted octanol–water partition coefficient (Wildman–Crippen LogP) is 8.19. The molecule has 0 aliphatic carbocycles. The second-order valence-corrected chi connectivity index (χ2v) is 9.07. The highest BCUT2D eigenvalue weighted by Gasteiger charge is 2.38. The first-order chi connectivity index (χ1) is 18.4. The van der Waals surface area contributed by atoms with Crippen molar-refractivity contribution in [1.82, 2.24) is 9.97 Å². The number of hydrogen-bond donors (Lipinski definition) is 0. The zero-order chi connectivity index (χ0) is 24.9. The van der Waals surface area contributed by atoms with Crippen molar-refractivity contribution in [2.75, 3.05) is 0 Å². The van der Waals surface area contributed by atoms with E-state index >= 15 is 0 Å². The Hall–Kier alpha value is -4.82. The molecule has 2 heterocycles. The molecule has 2 nitrogen and oxygen atoms in total. The molecule has 0 unspecified atom stereocenters. The van der Waals surface area contributed by atoms with E-state index in [0.717, 1.165) is 22.5 Å². The van der Waals surface area contributed by atoms with Crippen molar-refractivity contribution in [3.8, 4) is 22.5 Å². The summed E-state index contributed by atoms with van der Waals surface area (Å²) in [4.78, 5) is 9.27. The zero-order valence-corrected chi connectivity index (χ0v) is 20.4. The van der Waals surface area contributed by atoms with E-state index < -0.39 is 5.41 Å². The van der Waals surface area contributed by atoms with Crippen molar-refractivity contribution >= 4 is 0 Å². The van der Waals surface area contributed by atoms with Gasteiger partial charge in [0, 0.05) is 23.5 Å². The average Bonchev–Trinajstić information content (AvgIpc) is 3.00. The van der Waals surface area contributed by atoms with E-state index in [9.17, 15) is 0 Å². The van der Waals surface area contributed by atoms with Gasteiger partial charge in [-0.1, -0.05) is 109 Å². The second-order valence-electron chi connectivity index (χ2n) is 9.07. The summed E-state index contributed by atoms with van der Waals surface area (Å²) in [6, 6.07) is 51.3. The summed E-state index contributed by atoms with van der Waals surface area (Å²) in [6.45, 7) is 0. The first-order valence-corrected chi connectivity index (χ1v) is 12.5. The summed E-state index contributed by atoms with van der Waals surface area (Å²) in [5, 5.41) is 0. The molecule has 0 saturated carbocycles. The molecule has 2 heteroatoms. The summed E-state index contributed by atoms with van der Waals surface area (Å²) in [7, 11) is 0. The van der Waals surface area contributed by atoms with Gasteiger partial charge in [-0.15, -0.1) is 0 Å². The summed E-state index contributed by atoms with van der Waals surface area (Å²) < 4.78 is 0. The normalized spacial score (nSPS) is 11.2. The topological polar surface area (TPSA) is 25.8 Å². The lowest BCUT2D eigenvalue weighted by Gasteiger charge is -2.37. The fraction of sp³-hybridized carbons (Fsp3) is 0.0286. The highest BCUT2D eigenvalue weighted by Crippen LogP contribution is 2.46. The lowest BCUT2D eigenvalue weighted by molar-refractivity contribution is 0.745. The number of hydrogen-bond acceptors (Lipinski definition) is 2. The van der Waals surface area contributed by atoms with E-state index in [1.165, 1.54) is 22.3 Å². The number of aromatic nitrogens is 2. The van der Waals surface area contributed by atoms with E-state index in [1.54, 1.807) is 0 Å². The Morgan fingerprint density at radius 2 is 0.757 bits per heavy atom. The molecule has 4 aromatic carbocycles. The smallest absolute Gasteiger partial charge is 0.0702 e. The van der Waals surface area contributed by atoms with Crippen LogP contribution < -0.4 is 0 Å². The first kappa shape index (κ1) is 22.6. The molecule has 0 amide bonds.